The van der Waals surface area contributed by atoms with Crippen molar-refractivity contribution in [3.05, 3.63) is 12.2 Å². The molecule has 8 heteroatoms. The van der Waals surface area contributed by atoms with Gasteiger partial charge in [0.1, 0.15) is 12.2 Å². The van der Waals surface area contributed by atoms with Crippen molar-refractivity contribution in [2.24, 2.45) is 29.6 Å². The fraction of sp³-hybridized carbons (Fsp3) is 0.727. The lowest BCUT2D eigenvalue weighted by molar-refractivity contribution is -0.168. The zero-order valence-corrected chi connectivity index (χ0v) is 17.9. The highest BCUT2D eigenvalue weighted by molar-refractivity contribution is 5.88. The van der Waals surface area contributed by atoms with E-state index in [4.69, 9.17) is 18.9 Å². The molecule has 0 aromatic rings. The summed E-state index contributed by atoms with van der Waals surface area (Å²) in [6, 6.07) is 0. The maximum absolute atomic E-state index is 12.8. The van der Waals surface area contributed by atoms with Crippen LogP contribution in [0.3, 0.4) is 0 Å². The number of fused-ring (bicyclic) bond motifs is 1. The van der Waals surface area contributed by atoms with Crippen LogP contribution in [-0.4, -0.2) is 48.8 Å². The second-order valence-electron chi connectivity index (χ2n) is 9.02. The van der Waals surface area contributed by atoms with Crippen molar-refractivity contribution < 1.29 is 38.1 Å². The van der Waals surface area contributed by atoms with Crippen molar-refractivity contribution in [2.45, 2.75) is 65.3 Å². The molecule has 3 rings (SSSR count). The third-order valence-electron chi connectivity index (χ3n) is 6.17. The van der Waals surface area contributed by atoms with Gasteiger partial charge in [0.15, 0.2) is 0 Å². The molecule has 0 N–H and O–H groups in total. The van der Waals surface area contributed by atoms with Gasteiger partial charge in [0.05, 0.1) is 18.4 Å². The lowest BCUT2D eigenvalue weighted by Crippen LogP contribution is -2.34. The molecule has 0 spiro atoms. The second kappa shape index (κ2) is 8.78. The maximum Gasteiger partial charge on any atom is 0.347 e. The summed E-state index contributed by atoms with van der Waals surface area (Å²) in [5.74, 6) is -3.61. The summed E-state index contributed by atoms with van der Waals surface area (Å²) in [6.45, 7) is 11.5. The summed E-state index contributed by atoms with van der Waals surface area (Å²) in [7, 11) is 0. The van der Waals surface area contributed by atoms with E-state index >= 15 is 0 Å². The van der Waals surface area contributed by atoms with Gasteiger partial charge in [0.2, 0.25) is 6.10 Å². The summed E-state index contributed by atoms with van der Waals surface area (Å²) >= 11 is 0. The molecule has 0 aromatic carbocycles. The standard InChI is InChI=1S/C22H30O8/c1-10(2)8-12(4)19(23)28-13(5)18-14-9-11(3)16(17(14)22(26)30-18)21(25)29-15-6-7-27-20(15)24/h10-11,13-18H,4,6-9H2,1-3,5H3. The van der Waals surface area contributed by atoms with E-state index in [1.54, 1.807) is 6.92 Å². The highest BCUT2D eigenvalue weighted by Gasteiger charge is 2.59. The smallest absolute Gasteiger partial charge is 0.347 e. The summed E-state index contributed by atoms with van der Waals surface area (Å²) in [5, 5.41) is 0. The Kier molecular flexibility index (Phi) is 6.53. The molecule has 3 aliphatic rings. The first-order chi connectivity index (χ1) is 14.1. The van der Waals surface area contributed by atoms with Gasteiger partial charge in [-0.1, -0.05) is 27.4 Å². The average Bonchev–Trinajstić information content (AvgIpc) is 3.30. The zero-order valence-electron chi connectivity index (χ0n) is 17.9. The first-order valence-electron chi connectivity index (χ1n) is 10.6. The Balaban J connectivity index is 1.65. The van der Waals surface area contributed by atoms with Crippen LogP contribution in [0, 0.1) is 29.6 Å². The van der Waals surface area contributed by atoms with E-state index in [0.29, 0.717) is 24.8 Å². The molecule has 0 bridgehead atoms. The molecule has 7 atom stereocenters. The predicted molar refractivity (Wildman–Crippen MR) is 104 cm³/mol. The van der Waals surface area contributed by atoms with Crippen molar-refractivity contribution in [2.75, 3.05) is 6.61 Å². The first kappa shape index (κ1) is 22.3. The minimum absolute atomic E-state index is 0.126. The molecule has 0 aromatic heterocycles. The Morgan fingerprint density at radius 2 is 1.90 bits per heavy atom. The van der Waals surface area contributed by atoms with Crippen molar-refractivity contribution in [1.82, 2.24) is 0 Å². The first-order valence-corrected chi connectivity index (χ1v) is 10.6. The highest BCUT2D eigenvalue weighted by Crippen LogP contribution is 2.50. The Labute approximate surface area is 176 Å². The second-order valence-corrected chi connectivity index (χ2v) is 9.02. The highest BCUT2D eigenvalue weighted by atomic mass is 16.6. The molecule has 1 aliphatic carbocycles. The molecule has 2 saturated heterocycles. The van der Waals surface area contributed by atoms with Crippen LogP contribution in [0.15, 0.2) is 12.2 Å². The van der Waals surface area contributed by atoms with E-state index < -0.39 is 54.0 Å². The van der Waals surface area contributed by atoms with Crippen LogP contribution in [0.1, 0.15) is 47.0 Å². The van der Waals surface area contributed by atoms with Crippen molar-refractivity contribution in [3.8, 4) is 0 Å². The average molecular weight is 422 g/mol. The van der Waals surface area contributed by atoms with Crippen LogP contribution >= 0.6 is 0 Å². The molecule has 3 fully saturated rings. The predicted octanol–water partition coefficient (Wildman–Crippen LogP) is 2.19. The van der Waals surface area contributed by atoms with E-state index in [1.165, 1.54) is 0 Å². The molecular formula is C22H30O8. The Morgan fingerprint density at radius 3 is 2.50 bits per heavy atom. The quantitative estimate of drug-likeness (QED) is 0.349. The number of cyclic esters (lactones) is 2. The van der Waals surface area contributed by atoms with Gasteiger partial charge in [0, 0.05) is 17.9 Å². The van der Waals surface area contributed by atoms with Gasteiger partial charge in [-0.25, -0.2) is 9.59 Å². The minimum atomic E-state index is -0.913. The van der Waals surface area contributed by atoms with Crippen LogP contribution in [0.25, 0.3) is 0 Å². The molecule has 7 unspecified atom stereocenters. The zero-order chi connectivity index (χ0) is 22.2. The number of ether oxygens (including phenoxy) is 4. The topological polar surface area (TPSA) is 105 Å². The van der Waals surface area contributed by atoms with Crippen LogP contribution in [0.5, 0.6) is 0 Å². The van der Waals surface area contributed by atoms with Crippen LogP contribution in [-0.2, 0) is 38.1 Å². The van der Waals surface area contributed by atoms with Crippen molar-refractivity contribution in [1.29, 1.82) is 0 Å². The van der Waals surface area contributed by atoms with E-state index in [-0.39, 0.29) is 24.4 Å². The maximum atomic E-state index is 12.8. The largest absolute Gasteiger partial charge is 0.463 e. The van der Waals surface area contributed by atoms with Gasteiger partial charge in [-0.05, 0) is 31.6 Å². The number of carbonyl (C=O) groups excluding carboxylic acids is 4. The van der Waals surface area contributed by atoms with E-state index in [2.05, 4.69) is 6.58 Å². The fourth-order valence-electron chi connectivity index (χ4n) is 4.82. The Morgan fingerprint density at radius 1 is 1.20 bits per heavy atom. The third kappa shape index (κ3) is 4.37. The monoisotopic (exact) mass is 422 g/mol. The van der Waals surface area contributed by atoms with Gasteiger partial charge < -0.3 is 18.9 Å². The molecule has 8 nitrogen and oxygen atoms in total. The van der Waals surface area contributed by atoms with E-state index in [0.717, 1.165) is 0 Å². The van der Waals surface area contributed by atoms with Crippen LogP contribution in [0.2, 0.25) is 0 Å². The van der Waals surface area contributed by atoms with Gasteiger partial charge >= 0.3 is 23.9 Å². The molecule has 2 aliphatic heterocycles. The normalized spacial score (nSPS) is 33.6. The van der Waals surface area contributed by atoms with Crippen LogP contribution < -0.4 is 0 Å². The lowest BCUT2D eigenvalue weighted by atomic mass is 9.86. The van der Waals surface area contributed by atoms with Gasteiger partial charge in [-0.3, -0.25) is 9.59 Å². The lowest BCUT2D eigenvalue weighted by Gasteiger charge is -2.24. The van der Waals surface area contributed by atoms with E-state index in [9.17, 15) is 19.2 Å². The molecule has 2 heterocycles. The number of hydrogen-bond donors (Lipinski definition) is 0. The van der Waals surface area contributed by atoms with Gasteiger partial charge in [0.25, 0.3) is 0 Å². The SMILES string of the molecule is C=C(CC(C)C)C(=O)OC(C)C1OC(=O)C2C1CC(C)C2C(=O)OC1CCOC1=O. The molecule has 0 amide bonds. The molecule has 1 saturated carbocycles. The molecule has 0 radical (unpaired) electrons. The summed E-state index contributed by atoms with van der Waals surface area (Å²) in [4.78, 5) is 49.3. The number of hydrogen-bond acceptors (Lipinski definition) is 8. The van der Waals surface area contributed by atoms with Crippen LogP contribution in [0.4, 0.5) is 0 Å². The van der Waals surface area contributed by atoms with Crippen molar-refractivity contribution >= 4 is 23.9 Å². The van der Waals surface area contributed by atoms with Crippen molar-refractivity contribution in [3.63, 3.8) is 0 Å². The Hall–Kier alpha value is -2.38. The molecular weight excluding hydrogens is 392 g/mol. The third-order valence-corrected chi connectivity index (χ3v) is 6.17. The van der Waals surface area contributed by atoms with Gasteiger partial charge in [-0.15, -0.1) is 0 Å². The van der Waals surface area contributed by atoms with Gasteiger partial charge in [-0.2, -0.15) is 0 Å². The fourth-order valence-corrected chi connectivity index (χ4v) is 4.82. The van der Waals surface area contributed by atoms with E-state index in [1.807, 2.05) is 20.8 Å². The summed E-state index contributed by atoms with van der Waals surface area (Å²) in [6.07, 6.45) is -0.799. The number of esters is 4. The Bertz CT molecular complexity index is 741. The minimum Gasteiger partial charge on any atom is -0.463 e. The molecule has 30 heavy (non-hydrogen) atoms. The molecule has 166 valence electrons. The summed E-state index contributed by atoms with van der Waals surface area (Å²) in [5.41, 5.74) is 0.377. The number of carbonyl (C=O) groups is 4. The number of rotatable bonds is 7. The summed E-state index contributed by atoms with van der Waals surface area (Å²) < 4.78 is 21.2.